The van der Waals surface area contributed by atoms with E-state index in [1.54, 1.807) is 0 Å². The molecule has 0 bridgehead atoms. The van der Waals surface area contributed by atoms with E-state index in [9.17, 15) is 0 Å². The van der Waals surface area contributed by atoms with Crippen LogP contribution < -0.4 is 0 Å². The van der Waals surface area contributed by atoms with Gasteiger partial charge >= 0.3 is 11.3 Å². The van der Waals surface area contributed by atoms with Crippen molar-refractivity contribution in [3.05, 3.63) is 78.9 Å². The number of hydrogen-bond acceptors (Lipinski definition) is 0. The van der Waals surface area contributed by atoms with Crippen molar-refractivity contribution in [3.63, 3.8) is 0 Å². The Balaban J connectivity index is -0.000000266. The van der Waals surface area contributed by atoms with Crippen molar-refractivity contribution < 1.29 is 24.8 Å². The first-order valence-corrected chi connectivity index (χ1v) is 9.74. The van der Waals surface area contributed by atoms with Gasteiger partial charge in [-0.2, -0.15) is 36.4 Å². The van der Waals surface area contributed by atoms with E-state index < -0.39 is 0 Å². The molecule has 5 radical (unpaired) electrons. The van der Waals surface area contributed by atoms with Crippen LogP contribution in [0.3, 0.4) is 0 Å². The molecule has 1 nitrogen and oxygen atoms in total. The Morgan fingerprint density at radius 2 is 1.13 bits per heavy atom. The van der Waals surface area contributed by atoms with Crippen LogP contribution in [0, 0.1) is 36.4 Å². The molecule has 129 valence electrons. The Bertz CT molecular complexity index is 357. The Morgan fingerprint density at radius 1 is 0.826 bits per heavy atom. The summed E-state index contributed by atoms with van der Waals surface area (Å²) >= 11 is 0. The van der Waals surface area contributed by atoms with Gasteiger partial charge in [-0.1, -0.05) is 39.8 Å². The zero-order valence-electron chi connectivity index (χ0n) is 15.3. The quantitative estimate of drug-likeness (QED) is 0.243. The number of rotatable bonds is 0. The van der Waals surface area contributed by atoms with Gasteiger partial charge in [0.25, 0.3) is 0 Å². The summed E-state index contributed by atoms with van der Waals surface area (Å²) in [7, 11) is 0.380. The van der Waals surface area contributed by atoms with Crippen LogP contribution in [0.2, 0.25) is 0 Å². The topological polar surface area (TPSA) is 19.9 Å². The Hall–Kier alpha value is -0.221. The zero-order valence-corrected chi connectivity index (χ0v) is 18.6. The number of allylic oxidation sites excluding steroid dienone is 1. The van der Waals surface area contributed by atoms with Crippen LogP contribution in [-0.2, 0) is 24.8 Å². The average molecular weight is 508 g/mol. The molecule has 0 heterocycles. The summed E-state index contributed by atoms with van der Waals surface area (Å²) in [6.45, 7) is 23.8. The molecule has 0 aliphatic heterocycles. The monoisotopic (exact) mass is 508 g/mol. The average Bonchev–Trinajstić information content (AvgIpc) is 2.69. The minimum Gasteiger partial charge on any atom is -0.184 e. The summed E-state index contributed by atoms with van der Waals surface area (Å²) in [5.41, 5.74) is 1.22. The third kappa shape index (κ3) is 12.8. The van der Waals surface area contributed by atoms with Crippen LogP contribution in [0.1, 0.15) is 27.7 Å². The smallest absolute Gasteiger partial charge is 0 e. The van der Waals surface area contributed by atoms with Crippen molar-refractivity contribution in [2.24, 2.45) is 0 Å². The predicted octanol–water partition coefficient (Wildman–Crippen LogP) is 5.74. The Labute approximate surface area is 159 Å². The van der Waals surface area contributed by atoms with E-state index in [4.69, 9.17) is 4.65 Å². The molecule has 0 aromatic heterocycles. The third-order valence-electron chi connectivity index (χ3n) is 3.20. The van der Waals surface area contributed by atoms with E-state index in [0.717, 1.165) is 0 Å². The standard InChI is InChI=1S/C10H14.C6H5.C3H9P.CO.Ir/c1-6-7(2)9(4)10(5)8(6)3;1-2-4-6-5-3-1;1-4(2)3;1-2;/h1H2,2-5H3;1-5H;1-3H3;;/q;-1;;;. The molecule has 0 unspecified atom stereocenters. The molecular formula is C20H28IrOP-. The van der Waals surface area contributed by atoms with Gasteiger partial charge in [0.05, 0.1) is 0 Å². The number of hydrogen-bond donors (Lipinski definition) is 0. The van der Waals surface area contributed by atoms with Gasteiger partial charge in [0.2, 0.25) is 0 Å². The molecule has 0 saturated heterocycles. The van der Waals surface area contributed by atoms with E-state index in [-0.39, 0.29) is 20.1 Å². The van der Waals surface area contributed by atoms with Crippen LogP contribution in [0.4, 0.5) is 0 Å². The summed E-state index contributed by atoms with van der Waals surface area (Å²) < 4.78 is 7.50. The molecule has 0 atom stereocenters. The van der Waals surface area contributed by atoms with Gasteiger partial charge in [-0.3, -0.25) is 0 Å². The maximum absolute atomic E-state index is 7.50. The first-order valence-electron chi connectivity index (χ1n) is 7.06. The third-order valence-corrected chi connectivity index (χ3v) is 3.20. The second-order valence-corrected chi connectivity index (χ2v) is 8.08. The normalized spacial score (nSPS) is 15.3. The molecule has 0 N–H and O–H groups in total. The second kappa shape index (κ2) is 16.6. The fraction of sp³-hybridized carbons (Fsp3) is 0.350. The molecule has 3 heteroatoms. The summed E-state index contributed by atoms with van der Waals surface area (Å²) in [6, 6.07) is 12.5. The first kappa shape index (κ1) is 27.6. The second-order valence-electron chi connectivity index (χ2n) is 5.40. The van der Waals surface area contributed by atoms with Crippen LogP contribution in [0.15, 0.2) is 42.5 Å². The molecule has 0 amide bonds. The van der Waals surface area contributed by atoms with Gasteiger partial charge in [0, 0.05) is 31.9 Å². The fourth-order valence-corrected chi connectivity index (χ4v) is 1.64. The zero-order chi connectivity index (χ0) is 17.7. The predicted molar refractivity (Wildman–Crippen MR) is 98.7 cm³/mol. The van der Waals surface area contributed by atoms with Crippen molar-refractivity contribution in [1.82, 2.24) is 0 Å². The SMILES string of the molecule is C=C1[C](C)[C](C)[C](C)[C]1C.CP(C)C.[C-]#[O+].[Ir].[c-]1ccccc1. The van der Waals surface area contributed by atoms with Gasteiger partial charge in [-0.15, -0.1) is 7.92 Å². The maximum atomic E-state index is 7.50. The van der Waals surface area contributed by atoms with E-state index in [2.05, 4.69) is 67.0 Å². The van der Waals surface area contributed by atoms with E-state index in [0.29, 0.717) is 7.92 Å². The van der Waals surface area contributed by atoms with Gasteiger partial charge in [-0.05, 0) is 31.8 Å². The van der Waals surface area contributed by atoms with Crippen molar-refractivity contribution in [3.8, 4) is 0 Å². The Morgan fingerprint density at radius 3 is 1.22 bits per heavy atom. The molecule has 2 rings (SSSR count). The fourth-order valence-electron chi connectivity index (χ4n) is 1.64. The summed E-state index contributed by atoms with van der Waals surface area (Å²) in [5, 5.41) is 0. The summed E-state index contributed by atoms with van der Waals surface area (Å²) in [5.74, 6) is 5.52. The summed E-state index contributed by atoms with van der Waals surface area (Å²) in [6.07, 6.45) is 0. The van der Waals surface area contributed by atoms with Gasteiger partial charge in [0.1, 0.15) is 0 Å². The first-order chi connectivity index (χ1) is 10.3. The molecule has 1 fully saturated rings. The summed E-state index contributed by atoms with van der Waals surface area (Å²) in [4.78, 5) is 0. The molecule has 1 aliphatic rings. The molecule has 1 aliphatic carbocycles. The van der Waals surface area contributed by atoms with Crippen LogP contribution >= 0.6 is 7.92 Å². The molecule has 1 aromatic carbocycles. The van der Waals surface area contributed by atoms with E-state index >= 15 is 0 Å². The van der Waals surface area contributed by atoms with Gasteiger partial charge in [-0.25, -0.2) is 0 Å². The van der Waals surface area contributed by atoms with Crippen LogP contribution in [0.25, 0.3) is 0 Å². The van der Waals surface area contributed by atoms with E-state index in [1.165, 1.54) is 29.2 Å². The van der Waals surface area contributed by atoms with Crippen molar-refractivity contribution >= 4 is 7.92 Å². The van der Waals surface area contributed by atoms with Gasteiger partial charge < -0.3 is 0 Å². The largest absolute Gasteiger partial charge is 0.184 e. The minimum absolute atomic E-state index is 0. The molecule has 1 saturated carbocycles. The van der Waals surface area contributed by atoms with Crippen LogP contribution in [-0.4, -0.2) is 20.0 Å². The Kier molecular flexibility index (Phi) is 20.0. The van der Waals surface area contributed by atoms with Crippen molar-refractivity contribution in [1.29, 1.82) is 0 Å². The molecular weight excluding hydrogens is 479 g/mol. The van der Waals surface area contributed by atoms with E-state index in [1.807, 2.05) is 30.3 Å². The minimum atomic E-state index is 0. The molecule has 0 spiro atoms. The molecule has 1 aromatic rings. The van der Waals surface area contributed by atoms with Gasteiger partial charge in [0.15, 0.2) is 0 Å². The maximum Gasteiger partial charge on any atom is 0 e. The number of benzene rings is 1. The van der Waals surface area contributed by atoms with Crippen molar-refractivity contribution in [2.45, 2.75) is 27.7 Å². The van der Waals surface area contributed by atoms with Crippen molar-refractivity contribution in [2.75, 3.05) is 20.0 Å². The van der Waals surface area contributed by atoms with Crippen LogP contribution in [0.5, 0.6) is 0 Å². The molecule has 23 heavy (non-hydrogen) atoms.